The molecule has 0 heterocycles. The van der Waals surface area contributed by atoms with Crippen LogP contribution in [0.3, 0.4) is 0 Å². The Morgan fingerprint density at radius 3 is 2.15 bits per heavy atom. The number of hydrogen-bond donors (Lipinski definition) is 2. The zero-order chi connectivity index (χ0) is 9.35. The molecule has 3 nitrogen and oxygen atoms in total. The molecule has 0 aromatic heterocycles. The summed E-state index contributed by atoms with van der Waals surface area (Å²) in [6.07, 6.45) is 3.47. The van der Waals surface area contributed by atoms with Crippen LogP contribution in [0.2, 0.25) is 0 Å². The van der Waals surface area contributed by atoms with Crippen molar-refractivity contribution < 1.29 is 5.48 Å². The Kier molecular flexibility index (Phi) is 4.36. The van der Waals surface area contributed by atoms with E-state index in [1.54, 1.807) is 0 Å². The summed E-state index contributed by atoms with van der Waals surface area (Å²) in [5, 5.41) is 0. The maximum Gasteiger partial charge on any atom is 0.0670 e. The van der Waals surface area contributed by atoms with Gasteiger partial charge in [0.1, 0.15) is 0 Å². The monoisotopic (exact) mass is 188 g/mol. The molecule has 0 aliphatic heterocycles. The largest absolute Gasteiger partial charge is 0.412 e. The molecule has 0 aromatic carbocycles. The second-order valence-corrected chi connectivity index (χ2v) is 4.85. The van der Waals surface area contributed by atoms with E-state index >= 15 is 0 Å². The minimum absolute atomic E-state index is 0. The van der Waals surface area contributed by atoms with Gasteiger partial charge in [-0.05, 0) is 30.6 Å². The maximum absolute atomic E-state index is 6.09. The summed E-state index contributed by atoms with van der Waals surface area (Å²) in [6, 6.07) is 0. The highest BCUT2D eigenvalue weighted by atomic mass is 16.0. The van der Waals surface area contributed by atoms with Crippen LogP contribution in [0.1, 0.15) is 40.0 Å². The zero-order valence-corrected chi connectivity index (χ0v) is 9.01. The van der Waals surface area contributed by atoms with Crippen LogP contribution in [0, 0.1) is 17.8 Å². The van der Waals surface area contributed by atoms with E-state index in [1.165, 1.54) is 12.8 Å². The van der Waals surface area contributed by atoms with Crippen LogP contribution in [0.5, 0.6) is 0 Å². The predicted octanol–water partition coefficient (Wildman–Crippen LogP) is 0.868. The molecule has 80 valence electrons. The average molecular weight is 188 g/mol. The predicted molar refractivity (Wildman–Crippen MR) is 56.1 cm³/mol. The lowest BCUT2D eigenvalue weighted by Gasteiger charge is -2.43. The minimum atomic E-state index is -0.411. The molecule has 1 aliphatic carbocycles. The Hall–Kier alpha value is -0.120. The summed E-state index contributed by atoms with van der Waals surface area (Å²) < 4.78 is 0. The van der Waals surface area contributed by atoms with E-state index in [2.05, 4.69) is 20.8 Å². The van der Waals surface area contributed by atoms with Crippen molar-refractivity contribution in [1.82, 2.24) is 0 Å². The quantitative estimate of drug-likeness (QED) is 0.598. The highest BCUT2D eigenvalue weighted by Crippen LogP contribution is 2.36. The summed E-state index contributed by atoms with van der Waals surface area (Å²) in [7, 11) is 0. The summed E-state index contributed by atoms with van der Waals surface area (Å²) in [5.74, 6) is 1.83. The zero-order valence-electron chi connectivity index (χ0n) is 9.01. The first-order valence-electron chi connectivity index (χ1n) is 5.01. The van der Waals surface area contributed by atoms with Crippen LogP contribution >= 0.6 is 0 Å². The molecule has 1 fully saturated rings. The SMILES string of the molecule is CC1CCC(C(C)C)C(N)(N)C1.O. The summed E-state index contributed by atoms with van der Waals surface area (Å²) >= 11 is 0. The third-order valence-corrected chi connectivity index (χ3v) is 3.17. The van der Waals surface area contributed by atoms with Gasteiger partial charge in [0, 0.05) is 0 Å². The van der Waals surface area contributed by atoms with Crippen LogP contribution in [-0.2, 0) is 0 Å². The second kappa shape index (κ2) is 4.40. The van der Waals surface area contributed by atoms with Crippen molar-refractivity contribution in [1.29, 1.82) is 0 Å². The Labute approximate surface area is 81.2 Å². The third-order valence-electron chi connectivity index (χ3n) is 3.17. The van der Waals surface area contributed by atoms with Gasteiger partial charge in [0.05, 0.1) is 5.66 Å². The molecule has 2 unspecified atom stereocenters. The molecule has 0 bridgehead atoms. The van der Waals surface area contributed by atoms with Gasteiger partial charge in [0.25, 0.3) is 0 Å². The summed E-state index contributed by atoms with van der Waals surface area (Å²) in [5.41, 5.74) is 11.8. The lowest BCUT2D eigenvalue weighted by atomic mass is 9.70. The van der Waals surface area contributed by atoms with E-state index in [0.29, 0.717) is 17.8 Å². The lowest BCUT2D eigenvalue weighted by molar-refractivity contribution is 0.115. The smallest absolute Gasteiger partial charge is 0.0670 e. The fourth-order valence-corrected chi connectivity index (χ4v) is 2.54. The molecule has 0 aromatic rings. The van der Waals surface area contributed by atoms with E-state index in [-0.39, 0.29) is 5.48 Å². The molecular formula is C10H24N2O. The Balaban J connectivity index is 0.00000144. The first-order valence-corrected chi connectivity index (χ1v) is 5.01. The van der Waals surface area contributed by atoms with Crippen LogP contribution in [0.4, 0.5) is 0 Å². The molecule has 3 heteroatoms. The first kappa shape index (κ1) is 12.9. The van der Waals surface area contributed by atoms with Gasteiger partial charge in [-0.25, -0.2) is 0 Å². The third kappa shape index (κ3) is 2.93. The van der Waals surface area contributed by atoms with Crippen LogP contribution in [0.15, 0.2) is 0 Å². The molecule has 2 atom stereocenters. The molecule has 0 saturated heterocycles. The van der Waals surface area contributed by atoms with E-state index < -0.39 is 5.66 Å². The Morgan fingerprint density at radius 2 is 1.77 bits per heavy atom. The minimum Gasteiger partial charge on any atom is -0.412 e. The van der Waals surface area contributed by atoms with E-state index in [1.807, 2.05) is 0 Å². The Bertz CT molecular complexity index is 157. The summed E-state index contributed by atoms with van der Waals surface area (Å²) in [4.78, 5) is 0. The van der Waals surface area contributed by atoms with Crippen molar-refractivity contribution in [2.24, 2.45) is 29.2 Å². The van der Waals surface area contributed by atoms with Crippen molar-refractivity contribution in [3.63, 3.8) is 0 Å². The van der Waals surface area contributed by atoms with E-state index in [9.17, 15) is 0 Å². The van der Waals surface area contributed by atoms with Gasteiger partial charge in [0.2, 0.25) is 0 Å². The molecule has 0 amide bonds. The standard InChI is InChI=1S/C10H22N2.H2O/c1-7(2)9-5-4-8(3)6-10(9,11)12;/h7-9H,4-6,11-12H2,1-3H3;1H2. The Morgan fingerprint density at radius 1 is 1.23 bits per heavy atom. The van der Waals surface area contributed by atoms with Gasteiger partial charge in [-0.3, -0.25) is 0 Å². The van der Waals surface area contributed by atoms with Crippen LogP contribution in [0.25, 0.3) is 0 Å². The number of rotatable bonds is 1. The average Bonchev–Trinajstić information content (AvgIpc) is 1.82. The molecule has 0 spiro atoms. The van der Waals surface area contributed by atoms with Crippen molar-refractivity contribution >= 4 is 0 Å². The van der Waals surface area contributed by atoms with Crippen LogP contribution in [-0.4, -0.2) is 11.1 Å². The van der Waals surface area contributed by atoms with Gasteiger partial charge in [-0.2, -0.15) is 0 Å². The number of hydrogen-bond acceptors (Lipinski definition) is 2. The van der Waals surface area contributed by atoms with E-state index in [4.69, 9.17) is 11.5 Å². The van der Waals surface area contributed by atoms with Crippen molar-refractivity contribution in [3.05, 3.63) is 0 Å². The normalized spacial score (nSPS) is 32.8. The highest BCUT2D eigenvalue weighted by molar-refractivity contribution is 4.92. The summed E-state index contributed by atoms with van der Waals surface area (Å²) in [6.45, 7) is 6.68. The van der Waals surface area contributed by atoms with Crippen molar-refractivity contribution in [2.45, 2.75) is 45.7 Å². The second-order valence-electron chi connectivity index (χ2n) is 4.85. The van der Waals surface area contributed by atoms with Gasteiger partial charge >= 0.3 is 0 Å². The highest BCUT2D eigenvalue weighted by Gasteiger charge is 2.37. The maximum atomic E-state index is 6.09. The number of nitrogens with two attached hydrogens (primary N) is 2. The molecule has 13 heavy (non-hydrogen) atoms. The first-order chi connectivity index (χ1) is 5.43. The molecule has 6 N–H and O–H groups in total. The molecule has 1 aliphatic rings. The van der Waals surface area contributed by atoms with Gasteiger partial charge in [-0.15, -0.1) is 0 Å². The van der Waals surface area contributed by atoms with Crippen molar-refractivity contribution in [3.8, 4) is 0 Å². The fraction of sp³-hybridized carbons (Fsp3) is 1.00. The molecule has 1 saturated carbocycles. The van der Waals surface area contributed by atoms with Gasteiger partial charge in [0.15, 0.2) is 0 Å². The lowest BCUT2D eigenvalue weighted by Crippen LogP contribution is -2.59. The topological polar surface area (TPSA) is 83.5 Å². The molecular weight excluding hydrogens is 164 g/mol. The van der Waals surface area contributed by atoms with Gasteiger partial charge < -0.3 is 16.9 Å². The molecule has 1 rings (SSSR count). The fourth-order valence-electron chi connectivity index (χ4n) is 2.54. The van der Waals surface area contributed by atoms with Gasteiger partial charge in [-0.1, -0.05) is 27.2 Å². The van der Waals surface area contributed by atoms with E-state index in [0.717, 1.165) is 6.42 Å². The van der Waals surface area contributed by atoms with Crippen molar-refractivity contribution in [2.75, 3.05) is 0 Å². The van der Waals surface area contributed by atoms with Crippen LogP contribution < -0.4 is 11.5 Å². The molecule has 0 radical (unpaired) electrons.